The summed E-state index contributed by atoms with van der Waals surface area (Å²) in [6, 6.07) is 17.7. The van der Waals surface area contributed by atoms with Gasteiger partial charge in [-0.3, -0.25) is 4.98 Å². The summed E-state index contributed by atoms with van der Waals surface area (Å²) in [4.78, 5) is 4.20. The van der Waals surface area contributed by atoms with Crippen LogP contribution < -0.4 is 9.47 Å². The summed E-state index contributed by atoms with van der Waals surface area (Å²) in [5, 5.41) is 0.328. The van der Waals surface area contributed by atoms with Gasteiger partial charge in [0.25, 0.3) is 0 Å². The fraction of sp³-hybridized carbons (Fsp3) is 0.105. The van der Waals surface area contributed by atoms with Crippen LogP contribution in [-0.4, -0.2) is 4.98 Å². The quantitative estimate of drug-likeness (QED) is 0.629. The summed E-state index contributed by atoms with van der Waals surface area (Å²) in [6.07, 6.45) is 1.64. The normalized spacial score (nSPS) is 10.4. The lowest BCUT2D eigenvalue weighted by Gasteiger charge is -2.09. The Kier molecular flexibility index (Phi) is 5.29. The van der Waals surface area contributed by atoms with Gasteiger partial charge in [0.15, 0.2) is 11.6 Å². The molecule has 0 saturated heterocycles. The van der Waals surface area contributed by atoms with Crippen molar-refractivity contribution < 1.29 is 13.9 Å². The van der Waals surface area contributed by atoms with E-state index >= 15 is 0 Å². The molecule has 0 spiro atoms. The molecular formula is C19H15ClFNO2. The van der Waals surface area contributed by atoms with Crippen molar-refractivity contribution in [2.75, 3.05) is 0 Å². The van der Waals surface area contributed by atoms with Gasteiger partial charge in [0.2, 0.25) is 0 Å². The molecule has 1 aromatic heterocycles. The molecule has 24 heavy (non-hydrogen) atoms. The smallest absolute Gasteiger partial charge is 0.166 e. The van der Waals surface area contributed by atoms with Gasteiger partial charge in [0.1, 0.15) is 19.0 Å². The van der Waals surface area contributed by atoms with E-state index in [-0.39, 0.29) is 12.4 Å². The van der Waals surface area contributed by atoms with E-state index in [1.165, 1.54) is 12.1 Å². The second-order valence-corrected chi connectivity index (χ2v) is 5.56. The molecular weight excluding hydrogens is 329 g/mol. The van der Waals surface area contributed by atoms with E-state index in [0.29, 0.717) is 23.1 Å². The Morgan fingerprint density at radius 1 is 0.917 bits per heavy atom. The minimum absolute atomic E-state index is 0.136. The van der Waals surface area contributed by atoms with Crippen LogP contribution in [0.5, 0.6) is 11.5 Å². The average molecular weight is 344 g/mol. The van der Waals surface area contributed by atoms with Gasteiger partial charge in [-0.05, 0) is 29.8 Å². The second-order valence-electron chi connectivity index (χ2n) is 5.12. The van der Waals surface area contributed by atoms with Gasteiger partial charge in [0, 0.05) is 17.3 Å². The van der Waals surface area contributed by atoms with Crippen molar-refractivity contribution in [2.24, 2.45) is 0 Å². The first kappa shape index (κ1) is 16.3. The fourth-order valence-electron chi connectivity index (χ4n) is 2.11. The third-order valence-electron chi connectivity index (χ3n) is 3.31. The number of nitrogens with zero attached hydrogens (tertiary/aromatic N) is 1. The van der Waals surface area contributed by atoms with Crippen molar-refractivity contribution in [3.05, 3.63) is 89.0 Å². The highest BCUT2D eigenvalue weighted by Gasteiger charge is 2.06. The Morgan fingerprint density at radius 2 is 1.75 bits per heavy atom. The van der Waals surface area contributed by atoms with Crippen molar-refractivity contribution in [3.8, 4) is 11.5 Å². The molecule has 122 valence electrons. The zero-order valence-corrected chi connectivity index (χ0v) is 13.5. The van der Waals surface area contributed by atoms with E-state index in [0.717, 1.165) is 5.56 Å². The molecule has 0 fully saturated rings. The van der Waals surface area contributed by atoms with Crippen LogP contribution in [0.25, 0.3) is 0 Å². The monoisotopic (exact) mass is 343 g/mol. The number of halogens is 2. The first-order chi connectivity index (χ1) is 11.7. The standard InChI is InChI=1S/C19H15ClFNO2/c20-15-6-7-19(18(21)10-15)24-13-16-11-17(8-9-22-16)23-12-14-4-2-1-3-5-14/h1-11H,12-13H2. The molecule has 3 aromatic rings. The van der Waals surface area contributed by atoms with Gasteiger partial charge in [-0.25, -0.2) is 4.39 Å². The zero-order valence-electron chi connectivity index (χ0n) is 12.8. The molecule has 0 radical (unpaired) electrons. The van der Waals surface area contributed by atoms with Crippen LogP contribution in [0.15, 0.2) is 66.9 Å². The molecule has 5 heteroatoms. The lowest BCUT2D eigenvalue weighted by molar-refractivity contribution is 0.281. The van der Waals surface area contributed by atoms with Gasteiger partial charge in [-0.1, -0.05) is 41.9 Å². The summed E-state index contributed by atoms with van der Waals surface area (Å²) in [5.41, 5.74) is 1.73. The number of ether oxygens (including phenoxy) is 2. The average Bonchev–Trinajstić information content (AvgIpc) is 2.60. The van der Waals surface area contributed by atoms with E-state index in [2.05, 4.69) is 4.98 Å². The van der Waals surface area contributed by atoms with Crippen LogP contribution in [0, 0.1) is 5.82 Å². The van der Waals surface area contributed by atoms with Gasteiger partial charge >= 0.3 is 0 Å². The molecule has 0 saturated carbocycles. The predicted molar refractivity (Wildman–Crippen MR) is 90.8 cm³/mol. The van der Waals surface area contributed by atoms with Crippen molar-refractivity contribution >= 4 is 11.6 Å². The van der Waals surface area contributed by atoms with E-state index in [1.54, 1.807) is 24.4 Å². The number of hydrogen-bond donors (Lipinski definition) is 0. The van der Waals surface area contributed by atoms with Crippen LogP contribution >= 0.6 is 11.6 Å². The molecule has 3 nitrogen and oxygen atoms in total. The van der Waals surface area contributed by atoms with E-state index in [9.17, 15) is 4.39 Å². The highest BCUT2D eigenvalue weighted by Crippen LogP contribution is 2.22. The lowest BCUT2D eigenvalue weighted by Crippen LogP contribution is -2.01. The maximum Gasteiger partial charge on any atom is 0.166 e. The Labute approximate surface area is 144 Å². The molecule has 0 amide bonds. The number of aromatic nitrogens is 1. The second kappa shape index (κ2) is 7.79. The molecule has 0 aliphatic heterocycles. The SMILES string of the molecule is Fc1cc(Cl)ccc1OCc1cc(OCc2ccccc2)ccn1. The Hall–Kier alpha value is -2.59. The highest BCUT2D eigenvalue weighted by atomic mass is 35.5. The number of benzene rings is 2. The zero-order chi connectivity index (χ0) is 16.8. The van der Waals surface area contributed by atoms with E-state index in [1.807, 2.05) is 30.3 Å². The van der Waals surface area contributed by atoms with E-state index in [4.69, 9.17) is 21.1 Å². The maximum absolute atomic E-state index is 13.7. The van der Waals surface area contributed by atoms with E-state index < -0.39 is 5.82 Å². The van der Waals surface area contributed by atoms with Gasteiger partial charge in [0.05, 0.1) is 5.69 Å². The van der Waals surface area contributed by atoms with Gasteiger partial charge in [-0.15, -0.1) is 0 Å². The van der Waals surface area contributed by atoms with Crippen LogP contribution in [0.1, 0.15) is 11.3 Å². The lowest BCUT2D eigenvalue weighted by atomic mass is 10.2. The predicted octanol–water partition coefficient (Wildman–Crippen LogP) is 5.03. The number of rotatable bonds is 6. The van der Waals surface area contributed by atoms with Gasteiger partial charge in [-0.2, -0.15) is 0 Å². The van der Waals surface area contributed by atoms with Gasteiger partial charge < -0.3 is 9.47 Å². The third-order valence-corrected chi connectivity index (χ3v) is 3.54. The van der Waals surface area contributed by atoms with Crippen LogP contribution in [-0.2, 0) is 13.2 Å². The molecule has 2 aromatic carbocycles. The molecule has 3 rings (SSSR count). The third kappa shape index (κ3) is 4.46. The highest BCUT2D eigenvalue weighted by molar-refractivity contribution is 6.30. The maximum atomic E-state index is 13.7. The largest absolute Gasteiger partial charge is 0.489 e. The molecule has 0 atom stereocenters. The molecule has 0 aliphatic carbocycles. The van der Waals surface area contributed by atoms with Crippen molar-refractivity contribution in [3.63, 3.8) is 0 Å². The van der Waals surface area contributed by atoms with Crippen LogP contribution in [0.4, 0.5) is 4.39 Å². The number of pyridine rings is 1. The van der Waals surface area contributed by atoms with Crippen molar-refractivity contribution in [1.29, 1.82) is 0 Å². The first-order valence-corrected chi connectivity index (χ1v) is 7.78. The Bertz CT molecular complexity index is 811. The molecule has 0 bridgehead atoms. The van der Waals surface area contributed by atoms with Crippen LogP contribution in [0.3, 0.4) is 0 Å². The summed E-state index contributed by atoms with van der Waals surface area (Å²) in [5.74, 6) is 0.319. The Morgan fingerprint density at radius 3 is 2.54 bits per heavy atom. The molecule has 0 unspecified atom stereocenters. The summed E-state index contributed by atoms with van der Waals surface area (Å²) < 4.78 is 24.9. The Balaban J connectivity index is 1.60. The number of hydrogen-bond acceptors (Lipinski definition) is 3. The molecule has 1 heterocycles. The summed E-state index contributed by atoms with van der Waals surface area (Å²) in [7, 11) is 0. The van der Waals surface area contributed by atoms with Crippen molar-refractivity contribution in [1.82, 2.24) is 4.98 Å². The first-order valence-electron chi connectivity index (χ1n) is 7.40. The fourth-order valence-corrected chi connectivity index (χ4v) is 2.27. The minimum Gasteiger partial charge on any atom is -0.489 e. The molecule has 0 aliphatic rings. The van der Waals surface area contributed by atoms with Crippen molar-refractivity contribution in [2.45, 2.75) is 13.2 Å². The molecule has 0 N–H and O–H groups in total. The minimum atomic E-state index is -0.501. The summed E-state index contributed by atoms with van der Waals surface area (Å²) >= 11 is 5.72. The summed E-state index contributed by atoms with van der Waals surface area (Å²) in [6.45, 7) is 0.609. The van der Waals surface area contributed by atoms with Crippen LogP contribution in [0.2, 0.25) is 5.02 Å². The topological polar surface area (TPSA) is 31.4 Å².